The molecule has 0 saturated carbocycles. The lowest BCUT2D eigenvalue weighted by Crippen LogP contribution is -2.18. The third-order valence-corrected chi connectivity index (χ3v) is 2.85. The predicted molar refractivity (Wildman–Crippen MR) is 73.2 cm³/mol. The van der Waals surface area contributed by atoms with Crippen molar-refractivity contribution in [3.05, 3.63) is 58.2 Å². The molecule has 1 heterocycles. The first-order chi connectivity index (χ1) is 9.61. The van der Waals surface area contributed by atoms with Crippen LogP contribution in [-0.4, -0.2) is 27.0 Å². The summed E-state index contributed by atoms with van der Waals surface area (Å²) < 4.78 is 0. The number of nitrogens with zero attached hydrogens (tertiary/aromatic N) is 4. The van der Waals surface area contributed by atoms with Crippen LogP contribution < -0.4 is 4.90 Å². The van der Waals surface area contributed by atoms with Crippen molar-refractivity contribution in [1.29, 1.82) is 0 Å². The molecule has 0 unspecified atom stereocenters. The standard InChI is InChI=1S/C13H14N4O3/c1-16(8-11-7-14-4-5-15-11)13-6-10(9-18)2-3-12(13)17(19)20/h2-7,18H,8-9H2,1H3. The Balaban J connectivity index is 2.32. The van der Waals surface area contributed by atoms with E-state index in [2.05, 4.69) is 9.97 Å². The highest BCUT2D eigenvalue weighted by molar-refractivity contribution is 5.64. The zero-order chi connectivity index (χ0) is 14.5. The summed E-state index contributed by atoms with van der Waals surface area (Å²) in [6.07, 6.45) is 4.75. The van der Waals surface area contributed by atoms with Crippen molar-refractivity contribution in [2.75, 3.05) is 11.9 Å². The van der Waals surface area contributed by atoms with Crippen LogP contribution in [0.2, 0.25) is 0 Å². The summed E-state index contributed by atoms with van der Waals surface area (Å²) in [7, 11) is 1.73. The van der Waals surface area contributed by atoms with Gasteiger partial charge in [0, 0.05) is 25.5 Å². The third-order valence-electron chi connectivity index (χ3n) is 2.85. The van der Waals surface area contributed by atoms with E-state index in [1.54, 1.807) is 36.6 Å². The fourth-order valence-electron chi connectivity index (χ4n) is 1.87. The summed E-state index contributed by atoms with van der Waals surface area (Å²) in [5, 5.41) is 20.2. The number of hydrogen-bond donors (Lipinski definition) is 1. The Labute approximate surface area is 115 Å². The van der Waals surface area contributed by atoms with Crippen molar-refractivity contribution in [2.24, 2.45) is 0 Å². The normalized spacial score (nSPS) is 10.3. The molecule has 2 rings (SSSR count). The highest BCUT2D eigenvalue weighted by Gasteiger charge is 2.18. The second kappa shape index (κ2) is 6.07. The minimum atomic E-state index is -0.441. The van der Waals surface area contributed by atoms with Gasteiger partial charge in [0.05, 0.1) is 30.0 Å². The van der Waals surface area contributed by atoms with Gasteiger partial charge in [0.2, 0.25) is 0 Å². The molecule has 7 nitrogen and oxygen atoms in total. The van der Waals surface area contributed by atoms with Gasteiger partial charge in [-0.2, -0.15) is 0 Å². The van der Waals surface area contributed by atoms with E-state index in [-0.39, 0.29) is 12.3 Å². The van der Waals surface area contributed by atoms with Crippen LogP contribution in [0.3, 0.4) is 0 Å². The van der Waals surface area contributed by atoms with Gasteiger partial charge in [-0.3, -0.25) is 20.1 Å². The van der Waals surface area contributed by atoms with Crippen LogP contribution in [0.15, 0.2) is 36.8 Å². The zero-order valence-electron chi connectivity index (χ0n) is 10.9. The number of rotatable bonds is 5. The lowest BCUT2D eigenvalue weighted by molar-refractivity contribution is -0.384. The van der Waals surface area contributed by atoms with Crippen LogP contribution in [0.4, 0.5) is 11.4 Å². The summed E-state index contributed by atoms with van der Waals surface area (Å²) in [6, 6.07) is 4.54. The van der Waals surface area contributed by atoms with E-state index in [0.717, 1.165) is 0 Å². The number of aliphatic hydroxyl groups excluding tert-OH is 1. The van der Waals surface area contributed by atoms with Gasteiger partial charge in [0.25, 0.3) is 5.69 Å². The van der Waals surface area contributed by atoms with E-state index in [9.17, 15) is 10.1 Å². The number of nitro benzene ring substituents is 1. The molecule has 0 aliphatic carbocycles. The van der Waals surface area contributed by atoms with Gasteiger partial charge in [0.15, 0.2) is 0 Å². The van der Waals surface area contributed by atoms with Crippen LogP contribution in [-0.2, 0) is 13.2 Å². The average molecular weight is 274 g/mol. The van der Waals surface area contributed by atoms with Crippen molar-refractivity contribution in [3.8, 4) is 0 Å². The molecule has 1 aromatic heterocycles. The minimum absolute atomic E-state index is 0.00593. The van der Waals surface area contributed by atoms with E-state index in [0.29, 0.717) is 23.5 Å². The summed E-state index contributed by atoms with van der Waals surface area (Å²) >= 11 is 0. The number of nitro groups is 1. The summed E-state index contributed by atoms with van der Waals surface area (Å²) in [6.45, 7) is 0.230. The summed E-state index contributed by atoms with van der Waals surface area (Å²) in [4.78, 5) is 20.4. The second-order valence-corrected chi connectivity index (χ2v) is 4.29. The second-order valence-electron chi connectivity index (χ2n) is 4.29. The van der Waals surface area contributed by atoms with Crippen molar-refractivity contribution in [2.45, 2.75) is 13.2 Å². The fourth-order valence-corrected chi connectivity index (χ4v) is 1.87. The first-order valence-corrected chi connectivity index (χ1v) is 5.96. The maximum Gasteiger partial charge on any atom is 0.292 e. The minimum Gasteiger partial charge on any atom is -0.392 e. The van der Waals surface area contributed by atoms with Gasteiger partial charge in [-0.05, 0) is 17.7 Å². The molecular formula is C13H14N4O3. The molecule has 0 spiro atoms. The van der Waals surface area contributed by atoms with Crippen molar-refractivity contribution < 1.29 is 10.0 Å². The number of aliphatic hydroxyl groups is 1. The van der Waals surface area contributed by atoms with Crippen LogP contribution in [0.1, 0.15) is 11.3 Å². The topological polar surface area (TPSA) is 92.4 Å². The first-order valence-electron chi connectivity index (χ1n) is 5.96. The third kappa shape index (κ3) is 3.07. The molecule has 0 amide bonds. The van der Waals surface area contributed by atoms with Gasteiger partial charge in [-0.15, -0.1) is 0 Å². The van der Waals surface area contributed by atoms with Crippen LogP contribution in [0, 0.1) is 10.1 Å². The molecule has 2 aromatic rings. The van der Waals surface area contributed by atoms with E-state index >= 15 is 0 Å². The van der Waals surface area contributed by atoms with Gasteiger partial charge in [0.1, 0.15) is 5.69 Å². The quantitative estimate of drug-likeness (QED) is 0.656. The number of hydrogen-bond acceptors (Lipinski definition) is 6. The predicted octanol–water partition coefficient (Wildman–Crippen LogP) is 1.51. The van der Waals surface area contributed by atoms with Crippen LogP contribution >= 0.6 is 0 Å². The molecule has 0 bridgehead atoms. The van der Waals surface area contributed by atoms with Gasteiger partial charge < -0.3 is 10.0 Å². The van der Waals surface area contributed by atoms with Crippen molar-refractivity contribution >= 4 is 11.4 Å². The number of benzene rings is 1. The monoisotopic (exact) mass is 274 g/mol. The average Bonchev–Trinajstić information content (AvgIpc) is 2.47. The Hall–Kier alpha value is -2.54. The SMILES string of the molecule is CN(Cc1cnccn1)c1cc(CO)ccc1[N+](=O)[O-]. The Morgan fingerprint density at radius 3 is 2.80 bits per heavy atom. The molecular weight excluding hydrogens is 260 g/mol. The molecule has 0 atom stereocenters. The highest BCUT2D eigenvalue weighted by atomic mass is 16.6. The molecule has 1 N–H and O–H groups in total. The van der Waals surface area contributed by atoms with Crippen molar-refractivity contribution in [3.63, 3.8) is 0 Å². The maximum absolute atomic E-state index is 11.1. The van der Waals surface area contributed by atoms with Crippen molar-refractivity contribution in [1.82, 2.24) is 9.97 Å². The molecule has 1 aromatic carbocycles. The lowest BCUT2D eigenvalue weighted by Gasteiger charge is -2.19. The van der Waals surface area contributed by atoms with E-state index in [4.69, 9.17) is 5.11 Å². The molecule has 0 fully saturated rings. The zero-order valence-corrected chi connectivity index (χ0v) is 10.9. The fraction of sp³-hybridized carbons (Fsp3) is 0.231. The molecule has 0 aliphatic heterocycles. The Morgan fingerprint density at radius 1 is 1.40 bits per heavy atom. The Kier molecular flexibility index (Phi) is 4.21. The summed E-state index contributed by atoms with van der Waals surface area (Å²) in [5.74, 6) is 0. The smallest absolute Gasteiger partial charge is 0.292 e. The van der Waals surface area contributed by atoms with Gasteiger partial charge >= 0.3 is 0 Å². The molecule has 104 valence electrons. The number of anilines is 1. The Morgan fingerprint density at radius 2 is 2.20 bits per heavy atom. The summed E-state index contributed by atoms with van der Waals surface area (Å²) in [5.41, 5.74) is 1.76. The molecule has 7 heteroatoms. The van der Waals surface area contributed by atoms with E-state index in [1.807, 2.05) is 0 Å². The highest BCUT2D eigenvalue weighted by Crippen LogP contribution is 2.29. The van der Waals surface area contributed by atoms with Gasteiger partial charge in [-0.25, -0.2) is 0 Å². The van der Waals surface area contributed by atoms with E-state index in [1.165, 1.54) is 12.1 Å². The molecule has 0 saturated heterocycles. The first kappa shape index (κ1) is 13.9. The van der Waals surface area contributed by atoms with Gasteiger partial charge in [-0.1, -0.05) is 0 Å². The lowest BCUT2D eigenvalue weighted by atomic mass is 10.1. The Bertz CT molecular complexity index is 604. The largest absolute Gasteiger partial charge is 0.392 e. The molecule has 0 radical (unpaired) electrons. The molecule has 0 aliphatic rings. The van der Waals surface area contributed by atoms with E-state index < -0.39 is 4.92 Å². The maximum atomic E-state index is 11.1. The van der Waals surface area contributed by atoms with Crippen LogP contribution in [0.5, 0.6) is 0 Å². The number of aromatic nitrogens is 2. The van der Waals surface area contributed by atoms with Crippen LogP contribution in [0.25, 0.3) is 0 Å². The molecule has 20 heavy (non-hydrogen) atoms.